The Bertz CT molecular complexity index is 1180. The van der Waals surface area contributed by atoms with Gasteiger partial charge in [-0.3, -0.25) is 9.59 Å². The molecule has 3 aromatic carbocycles. The van der Waals surface area contributed by atoms with Crippen molar-refractivity contribution in [3.8, 4) is 0 Å². The fourth-order valence-corrected chi connectivity index (χ4v) is 4.00. The van der Waals surface area contributed by atoms with E-state index < -0.39 is 0 Å². The van der Waals surface area contributed by atoms with Gasteiger partial charge in [0.05, 0.1) is 16.3 Å². The van der Waals surface area contributed by atoms with E-state index in [1.54, 1.807) is 24.3 Å². The minimum absolute atomic E-state index is 0.0359. The summed E-state index contributed by atoms with van der Waals surface area (Å²) in [7, 11) is 0. The van der Waals surface area contributed by atoms with Crippen LogP contribution in [-0.4, -0.2) is 17.5 Å². The zero-order chi connectivity index (χ0) is 22.7. The Morgan fingerprint density at radius 3 is 2.38 bits per heavy atom. The van der Waals surface area contributed by atoms with Gasteiger partial charge in [0.1, 0.15) is 0 Å². The predicted octanol–water partition coefficient (Wildman–Crippen LogP) is 5.89. The quantitative estimate of drug-likeness (QED) is 0.351. The lowest BCUT2D eigenvalue weighted by Gasteiger charge is -2.08. The van der Waals surface area contributed by atoms with Crippen LogP contribution in [0.3, 0.4) is 0 Å². The number of hydrogen-bond acceptors (Lipinski definition) is 3. The summed E-state index contributed by atoms with van der Waals surface area (Å²) in [6.07, 6.45) is 0.844. The highest BCUT2D eigenvalue weighted by molar-refractivity contribution is 6.37. The summed E-state index contributed by atoms with van der Waals surface area (Å²) in [4.78, 5) is 24.8. The van der Waals surface area contributed by atoms with Crippen LogP contribution in [0.25, 0.3) is 0 Å². The summed E-state index contributed by atoms with van der Waals surface area (Å²) in [5, 5.41) is 7.80. The molecule has 0 radical (unpaired) electrons. The van der Waals surface area contributed by atoms with Gasteiger partial charge in [-0.05, 0) is 60.7 Å². The number of hydrogen-bond donors (Lipinski definition) is 2. The fourth-order valence-electron chi connectivity index (χ4n) is 3.51. The topological polar surface area (TPSA) is 70.6 Å². The van der Waals surface area contributed by atoms with E-state index in [9.17, 15) is 9.59 Å². The summed E-state index contributed by atoms with van der Waals surface area (Å²) in [5.74, 6) is -0.161. The van der Waals surface area contributed by atoms with Crippen molar-refractivity contribution in [1.29, 1.82) is 0 Å². The average molecular weight is 466 g/mol. The molecule has 0 heterocycles. The van der Waals surface area contributed by atoms with Gasteiger partial charge in [-0.1, -0.05) is 65.7 Å². The molecule has 2 atom stereocenters. The first kappa shape index (κ1) is 22.1. The number of nitrogens with one attached hydrogen (secondary N) is 2. The molecule has 32 heavy (non-hydrogen) atoms. The van der Waals surface area contributed by atoms with Gasteiger partial charge in [0.15, 0.2) is 0 Å². The molecule has 0 aliphatic heterocycles. The molecule has 1 saturated carbocycles. The smallest absolute Gasteiger partial charge is 0.257 e. The summed E-state index contributed by atoms with van der Waals surface area (Å²) in [6.45, 7) is 1.82. The SMILES string of the molecule is C/C(=N\NC(=O)[C@H]1C[C@H]1c1ccccc1)c1ccc(NC(=O)c2ccc(Cl)cc2Cl)cc1. The third kappa shape index (κ3) is 5.18. The second kappa shape index (κ2) is 9.55. The van der Waals surface area contributed by atoms with Crippen molar-refractivity contribution in [3.63, 3.8) is 0 Å². The third-order valence-corrected chi connectivity index (χ3v) is 5.97. The molecule has 162 valence electrons. The monoisotopic (exact) mass is 465 g/mol. The van der Waals surface area contributed by atoms with Crippen molar-refractivity contribution < 1.29 is 9.59 Å². The number of anilines is 1. The summed E-state index contributed by atoms with van der Waals surface area (Å²) in [6, 6.07) is 22.0. The minimum atomic E-state index is -0.325. The third-order valence-electron chi connectivity index (χ3n) is 5.43. The van der Waals surface area contributed by atoms with Crippen LogP contribution in [0.4, 0.5) is 5.69 Å². The first-order chi connectivity index (χ1) is 15.4. The van der Waals surface area contributed by atoms with Gasteiger partial charge < -0.3 is 5.32 Å². The lowest BCUT2D eigenvalue weighted by Crippen LogP contribution is -2.21. The zero-order valence-corrected chi connectivity index (χ0v) is 18.8. The van der Waals surface area contributed by atoms with Crippen molar-refractivity contribution in [2.45, 2.75) is 19.3 Å². The molecule has 0 bridgehead atoms. The van der Waals surface area contributed by atoms with Crippen LogP contribution in [0.1, 0.15) is 40.7 Å². The number of rotatable bonds is 6. The summed E-state index contributed by atoms with van der Waals surface area (Å²) in [5.41, 5.74) is 6.33. The van der Waals surface area contributed by atoms with Crippen molar-refractivity contribution in [2.24, 2.45) is 11.0 Å². The van der Waals surface area contributed by atoms with Gasteiger partial charge in [-0.2, -0.15) is 5.10 Å². The second-order valence-electron chi connectivity index (χ2n) is 7.69. The Morgan fingerprint density at radius 2 is 1.69 bits per heavy atom. The molecule has 0 unspecified atom stereocenters. The predicted molar refractivity (Wildman–Crippen MR) is 129 cm³/mol. The number of benzene rings is 3. The van der Waals surface area contributed by atoms with Gasteiger partial charge in [0, 0.05) is 16.6 Å². The Hall–Kier alpha value is -3.15. The largest absolute Gasteiger partial charge is 0.322 e. The van der Waals surface area contributed by atoms with Crippen molar-refractivity contribution in [2.75, 3.05) is 5.32 Å². The Balaban J connectivity index is 1.33. The molecule has 2 amide bonds. The highest BCUT2D eigenvalue weighted by atomic mass is 35.5. The summed E-state index contributed by atoms with van der Waals surface area (Å²) >= 11 is 12.0. The van der Waals surface area contributed by atoms with E-state index in [4.69, 9.17) is 23.2 Å². The van der Waals surface area contributed by atoms with Gasteiger partial charge in [0.2, 0.25) is 5.91 Å². The van der Waals surface area contributed by atoms with E-state index in [1.165, 1.54) is 11.6 Å². The molecular weight excluding hydrogens is 445 g/mol. The molecule has 1 aliphatic carbocycles. The highest BCUT2D eigenvalue weighted by Gasteiger charge is 2.43. The molecule has 2 N–H and O–H groups in total. The molecule has 3 aromatic rings. The highest BCUT2D eigenvalue weighted by Crippen LogP contribution is 2.47. The number of carbonyl (C=O) groups excluding carboxylic acids is 2. The lowest BCUT2D eigenvalue weighted by molar-refractivity contribution is -0.122. The van der Waals surface area contributed by atoms with Crippen molar-refractivity contribution in [3.05, 3.63) is 99.5 Å². The maximum absolute atomic E-state index is 12.4. The van der Waals surface area contributed by atoms with E-state index in [2.05, 4.69) is 15.8 Å². The van der Waals surface area contributed by atoms with Crippen molar-refractivity contribution in [1.82, 2.24) is 5.43 Å². The number of nitrogens with zero attached hydrogens (tertiary/aromatic N) is 1. The minimum Gasteiger partial charge on any atom is -0.322 e. The van der Waals surface area contributed by atoms with E-state index in [0.29, 0.717) is 22.0 Å². The number of hydrazone groups is 1. The van der Waals surface area contributed by atoms with Gasteiger partial charge >= 0.3 is 0 Å². The molecule has 5 nitrogen and oxygen atoms in total. The molecule has 0 aromatic heterocycles. The standard InChI is InChI=1S/C25H21Cl2N3O2/c1-15(29-30-25(32)22-14-21(22)17-5-3-2-4-6-17)16-7-10-19(11-8-16)28-24(31)20-12-9-18(26)13-23(20)27/h2-13,21-22H,14H2,1H3,(H,28,31)(H,30,32)/b29-15+/t21-,22-/m0/s1. The van der Waals surface area contributed by atoms with Crippen LogP contribution >= 0.6 is 23.2 Å². The molecule has 4 rings (SSSR count). The molecule has 1 fully saturated rings. The second-order valence-corrected chi connectivity index (χ2v) is 8.53. The number of halogens is 2. The normalized spacial score (nSPS) is 17.5. The van der Waals surface area contributed by atoms with E-state index in [1.807, 2.05) is 49.4 Å². The molecular formula is C25H21Cl2N3O2. The Kier molecular flexibility index (Phi) is 6.58. The van der Waals surface area contributed by atoms with Crippen LogP contribution in [0, 0.1) is 5.92 Å². The fraction of sp³-hybridized carbons (Fsp3) is 0.160. The first-order valence-electron chi connectivity index (χ1n) is 10.2. The van der Waals surface area contributed by atoms with Crippen LogP contribution < -0.4 is 10.7 Å². The zero-order valence-electron chi connectivity index (χ0n) is 17.3. The average Bonchev–Trinajstić information content (AvgIpc) is 3.59. The first-order valence-corrected chi connectivity index (χ1v) is 10.9. The maximum Gasteiger partial charge on any atom is 0.257 e. The molecule has 7 heteroatoms. The van der Waals surface area contributed by atoms with Gasteiger partial charge in [0.25, 0.3) is 5.91 Å². The lowest BCUT2D eigenvalue weighted by atomic mass is 10.1. The molecule has 0 spiro atoms. The van der Waals surface area contributed by atoms with Gasteiger partial charge in [-0.15, -0.1) is 0 Å². The Labute approximate surface area is 196 Å². The van der Waals surface area contributed by atoms with Gasteiger partial charge in [-0.25, -0.2) is 5.43 Å². The van der Waals surface area contributed by atoms with Crippen LogP contribution in [-0.2, 0) is 4.79 Å². The van der Waals surface area contributed by atoms with Crippen molar-refractivity contribution >= 4 is 46.4 Å². The number of carbonyl (C=O) groups is 2. The maximum atomic E-state index is 12.4. The summed E-state index contributed by atoms with van der Waals surface area (Å²) < 4.78 is 0. The van der Waals surface area contributed by atoms with Crippen LogP contribution in [0.15, 0.2) is 77.9 Å². The molecule has 0 saturated heterocycles. The van der Waals surface area contributed by atoms with E-state index in [-0.39, 0.29) is 28.7 Å². The van der Waals surface area contributed by atoms with Crippen LogP contribution in [0.5, 0.6) is 0 Å². The molecule has 1 aliphatic rings. The van der Waals surface area contributed by atoms with Crippen LogP contribution in [0.2, 0.25) is 10.0 Å². The van der Waals surface area contributed by atoms with E-state index in [0.717, 1.165) is 12.0 Å². The number of amides is 2. The Morgan fingerprint density at radius 1 is 0.969 bits per heavy atom. The van der Waals surface area contributed by atoms with E-state index >= 15 is 0 Å².